The van der Waals surface area contributed by atoms with Crippen molar-refractivity contribution in [3.05, 3.63) is 18.2 Å². The van der Waals surface area contributed by atoms with E-state index >= 15 is 0 Å². The fourth-order valence-electron chi connectivity index (χ4n) is 1.62. The van der Waals surface area contributed by atoms with Gasteiger partial charge in [0.2, 0.25) is 0 Å². The average Bonchev–Trinajstić information content (AvgIpc) is 2.73. The number of hydrogen-bond acceptors (Lipinski definition) is 4. The van der Waals surface area contributed by atoms with Crippen molar-refractivity contribution in [2.75, 3.05) is 20.3 Å². The molecule has 7 heteroatoms. The Bertz CT molecular complexity index is 383. The van der Waals surface area contributed by atoms with Gasteiger partial charge in [0.1, 0.15) is 12.4 Å². The zero-order valence-corrected chi connectivity index (χ0v) is 12.6. The van der Waals surface area contributed by atoms with E-state index in [2.05, 4.69) is 4.98 Å². The van der Waals surface area contributed by atoms with E-state index in [4.69, 9.17) is 14.2 Å². The second-order valence-electron chi connectivity index (χ2n) is 3.39. The van der Waals surface area contributed by atoms with Gasteiger partial charge in [-0.2, -0.15) is 0 Å². The largest absolute Gasteiger partial charge is 1.00 e. The van der Waals surface area contributed by atoms with Crippen LogP contribution in [0, 0.1) is 0 Å². The van der Waals surface area contributed by atoms with Gasteiger partial charge < -0.3 is 31.2 Å². The molecule has 0 aliphatic carbocycles. The van der Waals surface area contributed by atoms with Crippen molar-refractivity contribution in [1.82, 2.24) is 4.98 Å². The molecule has 1 heterocycles. The fourth-order valence-corrected chi connectivity index (χ4v) is 1.62. The van der Waals surface area contributed by atoms with E-state index in [-0.39, 0.29) is 23.6 Å². The highest BCUT2D eigenvalue weighted by atomic mass is 79.9. The summed E-state index contributed by atoms with van der Waals surface area (Å²) in [6.07, 6.45) is 3.46. The van der Waals surface area contributed by atoms with E-state index in [0.29, 0.717) is 12.4 Å². The van der Waals surface area contributed by atoms with Crippen LogP contribution in [-0.4, -0.2) is 31.3 Å². The standard InChI is InChI=1S/C11H18N2O4.BrH/c1-5-16-10(14)11(15-4,17-6-2)9-12-7-8-13(9)3;/h7-8H,5-6H2,1-4H3;1H. The number of hydrogen-bond donors (Lipinski definition) is 1. The monoisotopic (exact) mass is 322 g/mol. The number of nitrogens with one attached hydrogen (secondary N) is 1. The molecule has 0 amide bonds. The molecule has 6 nitrogen and oxygen atoms in total. The minimum atomic E-state index is -1.54. The van der Waals surface area contributed by atoms with Gasteiger partial charge in [0.25, 0.3) is 0 Å². The zero-order valence-electron chi connectivity index (χ0n) is 11.0. The lowest BCUT2D eigenvalue weighted by atomic mass is 10.2. The van der Waals surface area contributed by atoms with Gasteiger partial charge in [0.05, 0.1) is 13.7 Å². The highest BCUT2D eigenvalue weighted by molar-refractivity contribution is 5.78. The van der Waals surface area contributed by atoms with E-state index in [1.807, 2.05) is 0 Å². The molecule has 1 atom stereocenters. The molecule has 0 aliphatic heterocycles. The smallest absolute Gasteiger partial charge is 0.380 e. The van der Waals surface area contributed by atoms with Gasteiger partial charge in [-0.3, -0.25) is 0 Å². The molecule has 0 aromatic carbocycles. The number of nitrogens with zero attached hydrogens (tertiary/aromatic N) is 1. The number of imidazole rings is 1. The van der Waals surface area contributed by atoms with Crippen molar-refractivity contribution in [3.63, 3.8) is 0 Å². The van der Waals surface area contributed by atoms with Crippen LogP contribution in [0.25, 0.3) is 0 Å². The molecule has 0 fully saturated rings. The second kappa shape index (κ2) is 7.50. The van der Waals surface area contributed by atoms with Crippen LogP contribution in [0.1, 0.15) is 19.7 Å². The van der Waals surface area contributed by atoms with Gasteiger partial charge in [-0.1, -0.05) is 0 Å². The normalized spacial score (nSPS) is 13.6. The number of aryl methyl sites for hydroxylation is 1. The zero-order chi connectivity index (χ0) is 12.9. The first-order chi connectivity index (χ1) is 8.12. The lowest BCUT2D eigenvalue weighted by Gasteiger charge is -2.25. The van der Waals surface area contributed by atoms with Gasteiger partial charge >= 0.3 is 17.6 Å². The number of methoxy groups -OCH3 is 1. The molecule has 1 aromatic heterocycles. The maximum atomic E-state index is 12.0. The van der Waals surface area contributed by atoms with Crippen LogP contribution in [0.2, 0.25) is 0 Å². The van der Waals surface area contributed by atoms with Gasteiger partial charge in [-0.25, -0.2) is 14.3 Å². The molecule has 1 unspecified atom stereocenters. The Morgan fingerprint density at radius 1 is 1.44 bits per heavy atom. The average molecular weight is 323 g/mol. The molecule has 1 aromatic rings. The van der Waals surface area contributed by atoms with Crippen molar-refractivity contribution in [2.45, 2.75) is 19.6 Å². The number of H-pyrrole nitrogens is 1. The van der Waals surface area contributed by atoms with Gasteiger partial charge in [-0.05, 0) is 13.8 Å². The topological polar surface area (TPSA) is 64.4 Å². The first kappa shape index (κ1) is 17.1. The molecule has 0 spiro atoms. The highest BCUT2D eigenvalue weighted by Gasteiger charge is 2.51. The molecular formula is C11H19BrN2O4. The second-order valence-corrected chi connectivity index (χ2v) is 3.39. The molecule has 0 saturated carbocycles. The van der Waals surface area contributed by atoms with Crippen LogP contribution >= 0.6 is 0 Å². The Morgan fingerprint density at radius 2 is 2.11 bits per heavy atom. The Hall–Kier alpha value is -0.920. The predicted octanol–water partition coefficient (Wildman–Crippen LogP) is -2.76. The summed E-state index contributed by atoms with van der Waals surface area (Å²) in [5.74, 6) is -1.62. The Balaban J connectivity index is 0.00000289. The number of aromatic nitrogens is 2. The molecule has 0 radical (unpaired) electrons. The van der Waals surface area contributed by atoms with Crippen molar-refractivity contribution in [2.24, 2.45) is 7.05 Å². The van der Waals surface area contributed by atoms with Crippen molar-refractivity contribution < 1.29 is 40.6 Å². The SMILES string of the molecule is CCOC(=O)C(OC)(OCC)c1[nH]cc[n+]1C.[Br-]. The van der Waals surface area contributed by atoms with Gasteiger partial charge in [-0.15, -0.1) is 0 Å². The summed E-state index contributed by atoms with van der Waals surface area (Å²) in [6, 6.07) is 0. The summed E-state index contributed by atoms with van der Waals surface area (Å²) >= 11 is 0. The van der Waals surface area contributed by atoms with Crippen LogP contribution in [0.5, 0.6) is 0 Å². The van der Waals surface area contributed by atoms with Crippen LogP contribution in [0.4, 0.5) is 0 Å². The summed E-state index contributed by atoms with van der Waals surface area (Å²) < 4.78 is 17.5. The number of halogens is 1. The Kier molecular flexibility index (Phi) is 7.12. The molecule has 0 bridgehead atoms. The first-order valence-electron chi connectivity index (χ1n) is 5.52. The van der Waals surface area contributed by atoms with E-state index in [9.17, 15) is 4.79 Å². The molecule has 18 heavy (non-hydrogen) atoms. The van der Waals surface area contributed by atoms with Crippen LogP contribution in [0.3, 0.4) is 0 Å². The number of aromatic amines is 1. The summed E-state index contributed by atoms with van der Waals surface area (Å²) in [7, 11) is 3.20. The fraction of sp³-hybridized carbons (Fsp3) is 0.636. The van der Waals surface area contributed by atoms with Gasteiger partial charge in [0.15, 0.2) is 0 Å². The maximum Gasteiger partial charge on any atom is 0.380 e. The molecule has 0 saturated heterocycles. The summed E-state index contributed by atoms with van der Waals surface area (Å²) in [6.45, 7) is 4.11. The van der Waals surface area contributed by atoms with Crippen LogP contribution in [0.15, 0.2) is 12.4 Å². The lowest BCUT2D eigenvalue weighted by molar-refractivity contribution is -0.688. The third-order valence-electron chi connectivity index (χ3n) is 2.36. The van der Waals surface area contributed by atoms with Crippen molar-refractivity contribution in [3.8, 4) is 0 Å². The van der Waals surface area contributed by atoms with E-state index in [0.717, 1.165) is 0 Å². The molecule has 1 rings (SSSR count). The number of esters is 1. The Morgan fingerprint density at radius 3 is 2.50 bits per heavy atom. The van der Waals surface area contributed by atoms with E-state index in [1.165, 1.54) is 7.11 Å². The molecule has 1 N–H and O–H groups in total. The van der Waals surface area contributed by atoms with E-state index < -0.39 is 11.8 Å². The third-order valence-corrected chi connectivity index (χ3v) is 2.36. The predicted molar refractivity (Wildman–Crippen MR) is 58.9 cm³/mol. The van der Waals surface area contributed by atoms with E-state index in [1.54, 1.807) is 37.9 Å². The number of carbonyl (C=O) groups is 1. The van der Waals surface area contributed by atoms with Crippen LogP contribution in [-0.2, 0) is 31.8 Å². The van der Waals surface area contributed by atoms with Gasteiger partial charge in [0, 0.05) is 13.7 Å². The first-order valence-corrected chi connectivity index (χ1v) is 5.52. The third kappa shape index (κ3) is 3.09. The maximum absolute atomic E-state index is 12.0. The molecule has 104 valence electrons. The minimum absolute atomic E-state index is 0. The lowest BCUT2D eigenvalue weighted by Crippen LogP contribution is -3.00. The summed E-state index contributed by atoms with van der Waals surface area (Å²) in [5.41, 5.74) is 0. The molecule has 0 aliphatic rings. The Labute approximate surface area is 117 Å². The van der Waals surface area contributed by atoms with Crippen LogP contribution < -0.4 is 21.5 Å². The summed E-state index contributed by atoms with van der Waals surface area (Å²) in [4.78, 5) is 15.0. The molecular weight excluding hydrogens is 304 g/mol. The highest BCUT2D eigenvalue weighted by Crippen LogP contribution is 2.24. The van der Waals surface area contributed by atoms with Crippen molar-refractivity contribution >= 4 is 5.97 Å². The number of ether oxygens (including phenoxy) is 3. The minimum Gasteiger partial charge on any atom is -1.00 e. The quantitative estimate of drug-likeness (QED) is 0.350. The summed E-state index contributed by atoms with van der Waals surface area (Å²) in [5, 5.41) is 0. The number of carbonyl (C=O) groups excluding carboxylic acids is 1. The number of rotatable bonds is 6. The van der Waals surface area contributed by atoms with Crippen molar-refractivity contribution in [1.29, 1.82) is 0 Å².